The molecular formula is C23H21N3O3. The molecule has 1 aromatic heterocycles. The number of carbonyl (C=O) groups excluding carboxylic acids is 2. The zero-order valence-electron chi connectivity index (χ0n) is 16.2. The van der Waals surface area contributed by atoms with Crippen molar-refractivity contribution in [2.24, 2.45) is 0 Å². The smallest absolute Gasteiger partial charge is 0.272 e. The van der Waals surface area contributed by atoms with Crippen molar-refractivity contribution in [3.8, 4) is 5.75 Å². The standard InChI is InChI=1S/C23H21N3O3/c1-16-9-11-18(12-10-16)22(27)26-20(14-17-6-5-13-24-15-17)23(28)25-19-7-3-4-8-21(19)29-2/h3-15H,1-2H3,(H,25,28)(H,26,27)/b20-14-. The number of nitrogens with one attached hydrogen (secondary N) is 2. The van der Waals surface area contributed by atoms with Gasteiger partial charge in [0.1, 0.15) is 11.4 Å². The number of carbonyl (C=O) groups is 2. The van der Waals surface area contributed by atoms with Crippen LogP contribution in [0.4, 0.5) is 5.69 Å². The Morgan fingerprint density at radius 3 is 2.45 bits per heavy atom. The first-order valence-corrected chi connectivity index (χ1v) is 9.01. The third-order valence-electron chi connectivity index (χ3n) is 4.16. The van der Waals surface area contributed by atoms with Gasteiger partial charge in [0.25, 0.3) is 11.8 Å². The number of para-hydroxylation sites is 2. The monoisotopic (exact) mass is 387 g/mol. The number of nitrogens with zero attached hydrogens (tertiary/aromatic N) is 1. The number of hydrogen-bond acceptors (Lipinski definition) is 4. The Balaban J connectivity index is 1.88. The number of hydrogen-bond donors (Lipinski definition) is 2. The van der Waals surface area contributed by atoms with Crippen molar-refractivity contribution in [2.45, 2.75) is 6.92 Å². The maximum Gasteiger partial charge on any atom is 0.272 e. The summed E-state index contributed by atoms with van der Waals surface area (Å²) in [7, 11) is 1.52. The van der Waals surface area contributed by atoms with Crippen LogP contribution in [0.2, 0.25) is 0 Å². The van der Waals surface area contributed by atoms with E-state index in [9.17, 15) is 9.59 Å². The molecule has 0 aliphatic carbocycles. The van der Waals surface area contributed by atoms with Crippen molar-refractivity contribution in [1.82, 2.24) is 10.3 Å². The van der Waals surface area contributed by atoms with Crippen LogP contribution in [-0.4, -0.2) is 23.9 Å². The number of benzene rings is 2. The highest BCUT2D eigenvalue weighted by molar-refractivity contribution is 6.11. The Bertz CT molecular complexity index is 1030. The highest BCUT2D eigenvalue weighted by atomic mass is 16.5. The van der Waals surface area contributed by atoms with Gasteiger partial charge in [-0.1, -0.05) is 35.9 Å². The van der Waals surface area contributed by atoms with Gasteiger partial charge in [-0.15, -0.1) is 0 Å². The van der Waals surface area contributed by atoms with E-state index in [0.29, 0.717) is 22.6 Å². The van der Waals surface area contributed by atoms with Gasteiger partial charge in [0, 0.05) is 18.0 Å². The van der Waals surface area contributed by atoms with E-state index < -0.39 is 5.91 Å². The second-order valence-corrected chi connectivity index (χ2v) is 6.32. The third-order valence-corrected chi connectivity index (χ3v) is 4.16. The molecule has 1 heterocycles. The predicted octanol–water partition coefficient (Wildman–Crippen LogP) is 3.81. The molecule has 2 amide bonds. The Morgan fingerprint density at radius 1 is 1.00 bits per heavy atom. The molecule has 0 spiro atoms. The fraction of sp³-hybridized carbons (Fsp3) is 0.0870. The molecule has 0 unspecified atom stereocenters. The molecule has 0 aliphatic rings. The fourth-order valence-electron chi connectivity index (χ4n) is 2.62. The molecule has 0 fully saturated rings. The van der Waals surface area contributed by atoms with Crippen LogP contribution in [0.3, 0.4) is 0 Å². The molecule has 0 radical (unpaired) electrons. The molecule has 0 aliphatic heterocycles. The second-order valence-electron chi connectivity index (χ2n) is 6.32. The average molecular weight is 387 g/mol. The summed E-state index contributed by atoms with van der Waals surface area (Å²) in [4.78, 5) is 29.6. The molecule has 6 nitrogen and oxygen atoms in total. The van der Waals surface area contributed by atoms with E-state index in [-0.39, 0.29) is 11.6 Å². The molecule has 29 heavy (non-hydrogen) atoms. The third kappa shape index (κ3) is 5.29. The fourth-order valence-corrected chi connectivity index (χ4v) is 2.62. The second kappa shape index (κ2) is 9.32. The highest BCUT2D eigenvalue weighted by Gasteiger charge is 2.16. The van der Waals surface area contributed by atoms with Gasteiger partial charge in [-0.25, -0.2) is 0 Å². The number of pyridine rings is 1. The molecule has 2 aromatic carbocycles. The van der Waals surface area contributed by atoms with E-state index in [2.05, 4.69) is 15.6 Å². The molecule has 0 bridgehead atoms. The maximum absolute atomic E-state index is 12.9. The Hall–Kier alpha value is -3.93. The van der Waals surface area contributed by atoms with Crippen LogP contribution in [0, 0.1) is 6.92 Å². The first-order valence-electron chi connectivity index (χ1n) is 9.01. The molecule has 2 N–H and O–H groups in total. The van der Waals surface area contributed by atoms with Crippen molar-refractivity contribution in [3.63, 3.8) is 0 Å². The Morgan fingerprint density at radius 2 is 1.76 bits per heavy atom. The van der Waals surface area contributed by atoms with Gasteiger partial charge in [-0.2, -0.15) is 0 Å². The summed E-state index contributed by atoms with van der Waals surface area (Å²) >= 11 is 0. The predicted molar refractivity (Wildman–Crippen MR) is 112 cm³/mol. The minimum Gasteiger partial charge on any atom is -0.495 e. The summed E-state index contributed by atoms with van der Waals surface area (Å²) in [6.07, 6.45) is 4.81. The molecule has 6 heteroatoms. The maximum atomic E-state index is 12.9. The lowest BCUT2D eigenvalue weighted by atomic mass is 10.1. The van der Waals surface area contributed by atoms with Crippen molar-refractivity contribution in [2.75, 3.05) is 12.4 Å². The number of aromatic nitrogens is 1. The van der Waals surface area contributed by atoms with Crippen LogP contribution in [0.25, 0.3) is 6.08 Å². The molecular weight excluding hydrogens is 366 g/mol. The van der Waals surface area contributed by atoms with Gasteiger partial charge in [-0.3, -0.25) is 14.6 Å². The first kappa shape index (κ1) is 19.8. The number of rotatable bonds is 6. The lowest BCUT2D eigenvalue weighted by Gasteiger charge is -2.13. The van der Waals surface area contributed by atoms with Crippen LogP contribution in [-0.2, 0) is 4.79 Å². The number of methoxy groups -OCH3 is 1. The zero-order chi connectivity index (χ0) is 20.6. The van der Waals surface area contributed by atoms with Crippen molar-refractivity contribution in [1.29, 1.82) is 0 Å². The summed E-state index contributed by atoms with van der Waals surface area (Å²) in [5.74, 6) is -0.333. The van der Waals surface area contributed by atoms with Crippen molar-refractivity contribution < 1.29 is 14.3 Å². The number of anilines is 1. The summed E-state index contributed by atoms with van der Waals surface area (Å²) in [5, 5.41) is 5.48. The van der Waals surface area contributed by atoms with E-state index in [0.717, 1.165) is 5.56 Å². The summed E-state index contributed by atoms with van der Waals surface area (Å²) in [6, 6.07) is 17.7. The minimum atomic E-state index is -0.473. The molecule has 3 aromatic rings. The molecule has 0 saturated heterocycles. The molecule has 0 saturated carbocycles. The molecule has 3 rings (SSSR count). The SMILES string of the molecule is COc1ccccc1NC(=O)/C(=C/c1cccnc1)NC(=O)c1ccc(C)cc1. The lowest BCUT2D eigenvalue weighted by Crippen LogP contribution is -2.30. The largest absolute Gasteiger partial charge is 0.495 e. The summed E-state index contributed by atoms with van der Waals surface area (Å²) in [5.41, 5.74) is 2.78. The van der Waals surface area contributed by atoms with Crippen LogP contribution in [0.15, 0.2) is 78.8 Å². The topological polar surface area (TPSA) is 80.3 Å². The Kier molecular flexibility index (Phi) is 6.37. The lowest BCUT2D eigenvalue weighted by molar-refractivity contribution is -0.113. The highest BCUT2D eigenvalue weighted by Crippen LogP contribution is 2.23. The van der Waals surface area contributed by atoms with Gasteiger partial charge in [-0.05, 0) is 48.9 Å². The van der Waals surface area contributed by atoms with Gasteiger partial charge >= 0.3 is 0 Å². The number of aryl methyl sites for hydroxylation is 1. The first-order chi connectivity index (χ1) is 14.1. The van der Waals surface area contributed by atoms with E-state index in [4.69, 9.17) is 4.74 Å². The van der Waals surface area contributed by atoms with Crippen LogP contribution in [0.1, 0.15) is 21.5 Å². The van der Waals surface area contributed by atoms with E-state index in [1.165, 1.54) is 7.11 Å². The summed E-state index contributed by atoms with van der Waals surface area (Å²) < 4.78 is 5.27. The minimum absolute atomic E-state index is 0.0921. The van der Waals surface area contributed by atoms with Gasteiger partial charge in [0.2, 0.25) is 0 Å². The van der Waals surface area contributed by atoms with E-state index in [1.807, 2.05) is 19.1 Å². The zero-order valence-corrected chi connectivity index (χ0v) is 16.2. The van der Waals surface area contributed by atoms with Gasteiger partial charge in [0.05, 0.1) is 12.8 Å². The summed E-state index contributed by atoms with van der Waals surface area (Å²) in [6.45, 7) is 1.94. The van der Waals surface area contributed by atoms with Crippen LogP contribution < -0.4 is 15.4 Å². The average Bonchev–Trinajstić information content (AvgIpc) is 2.74. The molecule has 0 atom stereocenters. The van der Waals surface area contributed by atoms with Gasteiger partial charge in [0.15, 0.2) is 0 Å². The van der Waals surface area contributed by atoms with E-state index in [1.54, 1.807) is 67.0 Å². The quantitative estimate of drug-likeness (QED) is 0.631. The van der Waals surface area contributed by atoms with Crippen LogP contribution in [0.5, 0.6) is 5.75 Å². The normalized spacial score (nSPS) is 10.9. The Labute approximate surface area is 169 Å². The van der Waals surface area contributed by atoms with Crippen molar-refractivity contribution in [3.05, 3.63) is 95.4 Å². The van der Waals surface area contributed by atoms with Crippen LogP contribution >= 0.6 is 0 Å². The van der Waals surface area contributed by atoms with Crippen molar-refractivity contribution >= 4 is 23.6 Å². The number of amides is 2. The van der Waals surface area contributed by atoms with Gasteiger partial charge < -0.3 is 15.4 Å². The molecule has 146 valence electrons. The van der Waals surface area contributed by atoms with E-state index >= 15 is 0 Å². The number of ether oxygens (including phenoxy) is 1.